The van der Waals surface area contributed by atoms with Crippen LogP contribution < -0.4 is 21.3 Å². The Morgan fingerprint density at radius 2 is 0.580 bits per heavy atom. The molecule has 0 atom stereocenters. The van der Waals surface area contributed by atoms with Gasteiger partial charge in [0.05, 0.1) is 0 Å². The van der Waals surface area contributed by atoms with E-state index in [9.17, 15) is 39.6 Å². The van der Waals surface area contributed by atoms with E-state index in [-0.39, 0.29) is 85.1 Å². The average Bonchev–Trinajstić information content (AvgIpc) is 3.06. The number of hydrogen-bond acceptors (Lipinski definition) is 12. The van der Waals surface area contributed by atoms with Crippen molar-refractivity contribution in [2.75, 3.05) is 26.2 Å². The SMILES string of the molecule is O=C1C=CC(O)=CC1=CNCCCCNC=C1C=C(O)C=CC1=O.O=C1C=CC(O)=CC1=CNCCCCNC=C1C=C(O)C=CC1=O.[Zn].[Zn]. The van der Waals surface area contributed by atoms with Crippen LogP contribution in [0.2, 0.25) is 0 Å². The fourth-order valence-corrected chi connectivity index (χ4v) is 4.23. The molecule has 0 bridgehead atoms. The fourth-order valence-electron chi connectivity index (χ4n) is 4.23. The normalized spacial score (nSPS) is 19.5. The smallest absolute Gasteiger partial charge is 0.187 e. The molecule has 0 unspecified atom stereocenters. The van der Waals surface area contributed by atoms with Gasteiger partial charge in [-0.15, -0.1) is 0 Å². The van der Waals surface area contributed by atoms with E-state index in [2.05, 4.69) is 21.3 Å². The van der Waals surface area contributed by atoms with Gasteiger partial charge in [0.1, 0.15) is 23.0 Å². The van der Waals surface area contributed by atoms with E-state index in [0.29, 0.717) is 48.5 Å². The summed E-state index contributed by atoms with van der Waals surface area (Å²) in [5.74, 6) is -0.322. The van der Waals surface area contributed by atoms with Crippen LogP contribution in [0.3, 0.4) is 0 Å². The summed E-state index contributed by atoms with van der Waals surface area (Å²) in [7, 11) is 0. The zero-order valence-corrected chi connectivity index (χ0v) is 33.7. The molecular weight excluding hydrogens is 747 g/mol. The Kier molecular flexibility index (Phi) is 20.4. The van der Waals surface area contributed by atoms with Crippen molar-refractivity contribution < 1.29 is 78.6 Å². The van der Waals surface area contributed by atoms with E-state index in [0.717, 1.165) is 25.7 Å². The topological polar surface area (TPSA) is 197 Å². The molecule has 14 heteroatoms. The predicted molar refractivity (Wildman–Crippen MR) is 182 cm³/mol. The van der Waals surface area contributed by atoms with E-state index < -0.39 is 0 Å². The van der Waals surface area contributed by atoms with E-state index in [1.54, 1.807) is 24.8 Å². The first-order chi connectivity index (χ1) is 23.1. The van der Waals surface area contributed by atoms with Crippen molar-refractivity contribution in [3.05, 3.63) is 143 Å². The van der Waals surface area contributed by atoms with Crippen molar-refractivity contribution in [2.24, 2.45) is 0 Å². The molecule has 0 aromatic rings. The molecule has 0 amide bonds. The third kappa shape index (κ3) is 16.1. The Morgan fingerprint density at radius 3 is 0.780 bits per heavy atom. The van der Waals surface area contributed by atoms with Gasteiger partial charge in [0, 0.05) is 112 Å². The van der Waals surface area contributed by atoms with E-state index in [1.165, 1.54) is 72.9 Å². The zero-order chi connectivity index (χ0) is 34.7. The Labute approximate surface area is 316 Å². The maximum absolute atomic E-state index is 11.5. The van der Waals surface area contributed by atoms with Crippen LogP contribution in [-0.2, 0) is 58.1 Å². The number of carbonyl (C=O) groups excluding carboxylic acids is 4. The third-order valence-electron chi connectivity index (χ3n) is 6.79. The van der Waals surface area contributed by atoms with Crippen LogP contribution >= 0.6 is 0 Å². The van der Waals surface area contributed by atoms with Crippen molar-refractivity contribution >= 4 is 23.1 Å². The van der Waals surface area contributed by atoms with Gasteiger partial charge < -0.3 is 41.7 Å². The molecule has 4 aliphatic carbocycles. The second kappa shape index (κ2) is 23.5. The number of aliphatic hydroxyl groups excluding tert-OH is 4. The summed E-state index contributed by atoms with van der Waals surface area (Å²) in [5, 5.41) is 49.5. The number of unbranched alkanes of at least 4 members (excludes halogenated alkanes) is 2. The van der Waals surface area contributed by atoms with Gasteiger partial charge in [-0.25, -0.2) is 0 Å². The van der Waals surface area contributed by atoms with Gasteiger partial charge in [-0.1, -0.05) is 0 Å². The summed E-state index contributed by atoms with van der Waals surface area (Å²) in [5.41, 5.74) is 1.70. The molecule has 0 heterocycles. The minimum absolute atomic E-state index is 0. The zero-order valence-electron chi connectivity index (χ0n) is 27.7. The molecule has 0 saturated heterocycles. The first kappa shape index (κ1) is 43.2. The van der Waals surface area contributed by atoms with Crippen LogP contribution in [0.1, 0.15) is 25.7 Å². The molecule has 12 nitrogen and oxygen atoms in total. The number of rotatable bonds is 14. The van der Waals surface area contributed by atoms with Crippen LogP contribution in [0.15, 0.2) is 143 Å². The van der Waals surface area contributed by atoms with Gasteiger partial charge in [0.25, 0.3) is 0 Å². The van der Waals surface area contributed by atoms with Gasteiger partial charge in [-0.2, -0.15) is 0 Å². The van der Waals surface area contributed by atoms with Gasteiger partial charge in [0.2, 0.25) is 0 Å². The molecule has 0 saturated carbocycles. The summed E-state index contributed by atoms with van der Waals surface area (Å²) in [6, 6.07) is 0. The van der Waals surface area contributed by atoms with Crippen LogP contribution in [0.4, 0.5) is 0 Å². The van der Waals surface area contributed by atoms with Gasteiger partial charge >= 0.3 is 0 Å². The Balaban J connectivity index is 0.000000481. The summed E-state index contributed by atoms with van der Waals surface area (Å²) in [6.07, 6.45) is 26.3. The largest absolute Gasteiger partial charge is 0.508 e. The number of carbonyl (C=O) groups is 4. The van der Waals surface area contributed by atoms with Crippen molar-refractivity contribution in [1.29, 1.82) is 0 Å². The molecule has 0 aliphatic heterocycles. The van der Waals surface area contributed by atoms with Crippen molar-refractivity contribution in [1.82, 2.24) is 21.3 Å². The average molecular weight is 788 g/mol. The summed E-state index contributed by atoms with van der Waals surface area (Å²) in [6.45, 7) is 2.76. The van der Waals surface area contributed by atoms with Gasteiger partial charge in [0.15, 0.2) is 23.1 Å². The minimum Gasteiger partial charge on any atom is -0.508 e. The molecule has 4 rings (SSSR count). The molecule has 8 N–H and O–H groups in total. The number of allylic oxidation sites excluding steroid dienone is 16. The maximum Gasteiger partial charge on any atom is 0.187 e. The Morgan fingerprint density at radius 1 is 0.380 bits per heavy atom. The molecule has 0 radical (unpaired) electrons. The Hall–Kier alpha value is -4.79. The maximum atomic E-state index is 11.5. The number of ketones is 4. The van der Waals surface area contributed by atoms with E-state index in [1.807, 2.05) is 0 Å². The quantitative estimate of drug-likeness (QED) is 0.0723. The molecule has 256 valence electrons. The third-order valence-corrected chi connectivity index (χ3v) is 6.79. The number of nitrogens with one attached hydrogen (secondary N) is 4. The first-order valence-electron chi connectivity index (χ1n) is 15.4. The van der Waals surface area contributed by atoms with Crippen LogP contribution in [0.5, 0.6) is 0 Å². The van der Waals surface area contributed by atoms with Gasteiger partial charge in [-0.3, -0.25) is 19.2 Å². The van der Waals surface area contributed by atoms with Crippen molar-refractivity contribution in [3.63, 3.8) is 0 Å². The second-order valence-corrected chi connectivity index (χ2v) is 10.7. The van der Waals surface area contributed by atoms with Crippen LogP contribution in [-0.4, -0.2) is 69.7 Å². The van der Waals surface area contributed by atoms with Crippen molar-refractivity contribution in [3.8, 4) is 0 Å². The standard InChI is InChI=1S/2C18H20N2O4.2Zn/c2*21-15-3-5-17(23)13(9-15)11-19-7-1-2-8-20-12-14-10-16(22)4-6-18(14)24;;/h2*3-6,9-12,19-22H,1-2,7-8H2;;. The fraction of sp³-hybridized carbons (Fsp3) is 0.222. The molecule has 0 spiro atoms. The van der Waals surface area contributed by atoms with Crippen LogP contribution in [0, 0.1) is 0 Å². The molecule has 0 aromatic heterocycles. The molecule has 4 aliphatic rings. The molecule has 0 fully saturated rings. The second-order valence-electron chi connectivity index (χ2n) is 10.7. The summed E-state index contributed by atoms with van der Waals surface area (Å²) < 4.78 is 0. The van der Waals surface area contributed by atoms with Crippen LogP contribution in [0.25, 0.3) is 0 Å². The molecule has 50 heavy (non-hydrogen) atoms. The first-order valence-corrected chi connectivity index (χ1v) is 15.4. The minimum atomic E-state index is -0.143. The van der Waals surface area contributed by atoms with Crippen molar-refractivity contribution in [2.45, 2.75) is 25.7 Å². The monoisotopic (exact) mass is 784 g/mol. The Bertz CT molecular complexity index is 1400. The molecule has 0 aromatic carbocycles. The predicted octanol–water partition coefficient (Wildman–Crippen LogP) is 3.75. The summed E-state index contributed by atoms with van der Waals surface area (Å²) >= 11 is 0. The molecular formula is C36H40N4O8Zn2. The number of aliphatic hydroxyl groups is 4. The van der Waals surface area contributed by atoms with E-state index in [4.69, 9.17) is 0 Å². The number of hydrogen-bond donors (Lipinski definition) is 8. The summed E-state index contributed by atoms with van der Waals surface area (Å²) in [4.78, 5) is 46.1. The van der Waals surface area contributed by atoms with E-state index >= 15 is 0 Å². The van der Waals surface area contributed by atoms with Gasteiger partial charge in [-0.05, 0) is 98.6 Å².